The Hall–Kier alpha value is -0.370. The van der Waals surface area contributed by atoms with Gasteiger partial charge in [0.2, 0.25) is 0 Å². The van der Waals surface area contributed by atoms with Crippen LogP contribution in [0.25, 0.3) is 0 Å². The highest BCUT2D eigenvalue weighted by molar-refractivity contribution is 5.14. The fourth-order valence-corrected chi connectivity index (χ4v) is 1.34. The zero-order valence-electron chi connectivity index (χ0n) is 5.84. The molecule has 0 aliphatic carbocycles. The number of nitrogens with zero attached hydrogens (tertiary/aromatic N) is 1. The fourth-order valence-electron chi connectivity index (χ4n) is 1.34. The highest BCUT2D eigenvalue weighted by Crippen LogP contribution is 2.10. The fraction of sp³-hybridized carbons (Fsp3) is 0.857. The van der Waals surface area contributed by atoms with E-state index >= 15 is 0 Å². The van der Waals surface area contributed by atoms with Gasteiger partial charge in [0.15, 0.2) is 0 Å². The summed E-state index contributed by atoms with van der Waals surface area (Å²) >= 11 is 0. The van der Waals surface area contributed by atoms with Gasteiger partial charge in [-0.05, 0) is 6.42 Å². The lowest BCUT2D eigenvalue weighted by Gasteiger charge is -2.17. The predicted molar refractivity (Wildman–Crippen MR) is 38.9 cm³/mol. The minimum absolute atomic E-state index is 0.705. The van der Waals surface area contributed by atoms with Gasteiger partial charge in [-0.3, -0.25) is 0 Å². The molecule has 0 aromatic heterocycles. The molecule has 0 amide bonds. The van der Waals surface area contributed by atoms with Gasteiger partial charge in [-0.25, -0.2) is 4.58 Å². The normalized spacial score (nSPS) is 28.6. The molecule has 0 saturated carbocycles. The molecule has 1 fully saturated rings. The molecular weight excluding hydrogens is 112 g/mol. The van der Waals surface area contributed by atoms with Crippen LogP contribution in [-0.2, 0) is 0 Å². The van der Waals surface area contributed by atoms with Crippen LogP contribution in [0.4, 0.5) is 0 Å². The molecule has 1 aliphatic heterocycles. The Morgan fingerprint density at radius 1 is 1.67 bits per heavy atom. The van der Waals surface area contributed by atoms with Gasteiger partial charge in [-0.2, -0.15) is 0 Å². The first kappa shape index (κ1) is 6.75. The second kappa shape index (κ2) is 2.97. The third kappa shape index (κ3) is 1.79. The summed E-state index contributed by atoms with van der Waals surface area (Å²) in [6, 6.07) is 0. The molecule has 9 heavy (non-hydrogen) atoms. The van der Waals surface area contributed by atoms with Gasteiger partial charge < -0.3 is 5.73 Å². The summed E-state index contributed by atoms with van der Waals surface area (Å²) in [7, 11) is 0. The molecule has 1 aliphatic rings. The molecule has 0 aromatic carbocycles. The van der Waals surface area contributed by atoms with Crippen molar-refractivity contribution < 1.29 is 4.58 Å². The van der Waals surface area contributed by atoms with Crippen LogP contribution >= 0.6 is 0 Å². The summed E-state index contributed by atoms with van der Waals surface area (Å²) in [6.45, 7) is 6.94. The van der Waals surface area contributed by atoms with Gasteiger partial charge in [-0.15, -0.1) is 0 Å². The summed E-state index contributed by atoms with van der Waals surface area (Å²) in [4.78, 5) is 0. The lowest BCUT2D eigenvalue weighted by molar-refractivity contribution is -0.537. The molecule has 1 heterocycles. The van der Waals surface area contributed by atoms with Crippen molar-refractivity contribution in [3.8, 4) is 0 Å². The van der Waals surface area contributed by atoms with E-state index in [2.05, 4.69) is 11.3 Å². The van der Waals surface area contributed by atoms with Gasteiger partial charge in [-0.1, -0.05) is 0 Å². The summed E-state index contributed by atoms with van der Waals surface area (Å²) in [6.07, 6.45) is 2.56. The maximum Gasteiger partial charge on any atom is 0.146 e. The standard InChI is InChI=1S/C7H15N2/c1-9-4-2-3-7(5-8)6-9/h7H,1-6,8H2/q+1. The van der Waals surface area contributed by atoms with Crippen molar-refractivity contribution in [1.82, 2.24) is 0 Å². The zero-order chi connectivity index (χ0) is 6.69. The van der Waals surface area contributed by atoms with Crippen LogP contribution in [0.5, 0.6) is 0 Å². The highest BCUT2D eigenvalue weighted by atomic mass is 15.0. The SMILES string of the molecule is C=[N+]1CCCC(CN)C1. The van der Waals surface area contributed by atoms with E-state index in [-0.39, 0.29) is 0 Å². The first-order valence-electron chi connectivity index (χ1n) is 3.58. The van der Waals surface area contributed by atoms with E-state index in [1.54, 1.807) is 0 Å². The third-order valence-electron chi connectivity index (χ3n) is 1.94. The Labute approximate surface area is 56.4 Å². The zero-order valence-corrected chi connectivity index (χ0v) is 5.84. The van der Waals surface area contributed by atoms with E-state index in [1.165, 1.54) is 12.8 Å². The lowest BCUT2D eigenvalue weighted by atomic mass is 10.00. The number of nitrogens with two attached hydrogens (primary N) is 1. The molecule has 52 valence electrons. The van der Waals surface area contributed by atoms with Crippen molar-refractivity contribution >= 4 is 6.72 Å². The molecular formula is C7H15N2+. The van der Waals surface area contributed by atoms with E-state index in [1.807, 2.05) is 0 Å². The van der Waals surface area contributed by atoms with E-state index < -0.39 is 0 Å². The van der Waals surface area contributed by atoms with Crippen LogP contribution in [0.15, 0.2) is 0 Å². The van der Waals surface area contributed by atoms with E-state index in [9.17, 15) is 0 Å². The van der Waals surface area contributed by atoms with Crippen molar-refractivity contribution in [2.24, 2.45) is 11.7 Å². The number of hydrogen-bond donors (Lipinski definition) is 1. The summed E-state index contributed by atoms with van der Waals surface area (Å²) in [5.41, 5.74) is 5.51. The molecule has 0 radical (unpaired) electrons. The van der Waals surface area contributed by atoms with E-state index in [0.29, 0.717) is 5.92 Å². The van der Waals surface area contributed by atoms with E-state index in [4.69, 9.17) is 5.73 Å². The summed E-state index contributed by atoms with van der Waals surface area (Å²) < 4.78 is 2.11. The van der Waals surface area contributed by atoms with Crippen LogP contribution in [0.1, 0.15) is 12.8 Å². The van der Waals surface area contributed by atoms with Crippen molar-refractivity contribution in [1.29, 1.82) is 0 Å². The van der Waals surface area contributed by atoms with Crippen molar-refractivity contribution in [3.63, 3.8) is 0 Å². The van der Waals surface area contributed by atoms with Crippen molar-refractivity contribution in [2.75, 3.05) is 19.6 Å². The van der Waals surface area contributed by atoms with Crippen LogP contribution in [0.3, 0.4) is 0 Å². The smallest absolute Gasteiger partial charge is 0.146 e. The van der Waals surface area contributed by atoms with Crippen molar-refractivity contribution in [3.05, 3.63) is 0 Å². The lowest BCUT2D eigenvalue weighted by Crippen LogP contribution is -2.31. The minimum Gasteiger partial charge on any atom is -0.330 e. The maximum absolute atomic E-state index is 5.51. The monoisotopic (exact) mass is 127 g/mol. The predicted octanol–water partition coefficient (Wildman–Crippen LogP) is 0.0682. The maximum atomic E-state index is 5.51. The van der Waals surface area contributed by atoms with Crippen molar-refractivity contribution in [2.45, 2.75) is 12.8 Å². The first-order valence-corrected chi connectivity index (χ1v) is 3.58. The number of rotatable bonds is 1. The number of piperidine rings is 1. The third-order valence-corrected chi connectivity index (χ3v) is 1.94. The van der Waals surface area contributed by atoms with Crippen LogP contribution in [0, 0.1) is 5.92 Å². The molecule has 0 aromatic rings. The topological polar surface area (TPSA) is 29.0 Å². The Morgan fingerprint density at radius 3 is 2.89 bits per heavy atom. The van der Waals surface area contributed by atoms with E-state index in [0.717, 1.165) is 19.6 Å². The molecule has 2 heteroatoms. The Kier molecular flexibility index (Phi) is 2.22. The molecule has 1 unspecified atom stereocenters. The largest absolute Gasteiger partial charge is 0.330 e. The quantitative estimate of drug-likeness (QED) is 0.496. The second-order valence-corrected chi connectivity index (χ2v) is 2.82. The Balaban J connectivity index is 2.32. The van der Waals surface area contributed by atoms with Gasteiger partial charge in [0.05, 0.1) is 0 Å². The number of hydrogen-bond acceptors (Lipinski definition) is 1. The minimum atomic E-state index is 0.705. The molecule has 0 bridgehead atoms. The summed E-state index contributed by atoms with van der Waals surface area (Å²) in [5.74, 6) is 0.705. The molecule has 2 nitrogen and oxygen atoms in total. The molecule has 2 N–H and O–H groups in total. The molecule has 1 atom stereocenters. The molecule has 1 rings (SSSR count). The van der Waals surface area contributed by atoms with Crippen LogP contribution < -0.4 is 5.73 Å². The Morgan fingerprint density at radius 2 is 2.44 bits per heavy atom. The average Bonchev–Trinajstić information content (AvgIpc) is 1.88. The second-order valence-electron chi connectivity index (χ2n) is 2.82. The summed E-state index contributed by atoms with van der Waals surface area (Å²) in [5, 5.41) is 0. The van der Waals surface area contributed by atoms with Gasteiger partial charge >= 0.3 is 0 Å². The Bertz CT molecular complexity index is 109. The first-order chi connectivity index (χ1) is 4.33. The van der Waals surface area contributed by atoms with Crippen LogP contribution in [-0.4, -0.2) is 30.9 Å². The van der Waals surface area contributed by atoms with Gasteiger partial charge in [0.1, 0.15) is 19.8 Å². The average molecular weight is 127 g/mol. The van der Waals surface area contributed by atoms with Gasteiger partial charge in [0, 0.05) is 18.9 Å². The highest BCUT2D eigenvalue weighted by Gasteiger charge is 2.18. The molecule has 0 spiro atoms. The molecule has 1 saturated heterocycles. The van der Waals surface area contributed by atoms with Gasteiger partial charge in [0.25, 0.3) is 0 Å². The van der Waals surface area contributed by atoms with Crippen LogP contribution in [0.2, 0.25) is 0 Å².